The van der Waals surface area contributed by atoms with Gasteiger partial charge in [-0.25, -0.2) is 13.9 Å². The van der Waals surface area contributed by atoms with Crippen LogP contribution in [0.2, 0.25) is 5.02 Å². The second-order valence-electron chi connectivity index (χ2n) is 11.3. The van der Waals surface area contributed by atoms with Crippen LogP contribution in [0.15, 0.2) is 66.9 Å². The number of ether oxygens (including phenoxy) is 2. The van der Waals surface area contributed by atoms with Crippen molar-refractivity contribution in [1.29, 1.82) is 0 Å². The second-order valence-corrected chi connectivity index (χ2v) is 11.7. The van der Waals surface area contributed by atoms with Gasteiger partial charge in [0.25, 0.3) is 5.91 Å². The minimum Gasteiger partial charge on any atom is -0.493 e. The van der Waals surface area contributed by atoms with Gasteiger partial charge in [-0.15, -0.1) is 5.10 Å². The van der Waals surface area contributed by atoms with Gasteiger partial charge in [0.1, 0.15) is 17.5 Å². The number of aromatic nitrogens is 3. The van der Waals surface area contributed by atoms with Crippen LogP contribution in [0.4, 0.5) is 4.39 Å². The highest BCUT2D eigenvalue weighted by Gasteiger charge is 2.39. The molecule has 44 heavy (non-hydrogen) atoms. The number of carbonyl (C=O) groups excluding carboxylic acids is 2. The van der Waals surface area contributed by atoms with Gasteiger partial charge < -0.3 is 19.5 Å². The molecule has 2 aliphatic heterocycles. The average Bonchev–Trinajstić information content (AvgIpc) is 3.49. The van der Waals surface area contributed by atoms with Gasteiger partial charge in [0, 0.05) is 23.9 Å². The van der Waals surface area contributed by atoms with Gasteiger partial charge in [0.2, 0.25) is 0 Å². The van der Waals surface area contributed by atoms with Crippen molar-refractivity contribution in [2.45, 2.75) is 25.8 Å². The molecule has 1 N–H and O–H groups in total. The number of aromatic carboxylic acids is 1. The number of benzene rings is 3. The monoisotopic (exact) mass is 618 g/mol. The maximum absolute atomic E-state index is 14.7. The maximum atomic E-state index is 14.7. The fourth-order valence-corrected chi connectivity index (χ4v) is 5.65. The Labute approximate surface area is 257 Å². The van der Waals surface area contributed by atoms with E-state index in [0.29, 0.717) is 43.1 Å². The zero-order chi connectivity index (χ0) is 31.0. The molecule has 1 fully saturated rings. The molecule has 1 amide bonds. The number of ketones is 1. The minimum absolute atomic E-state index is 0.0258. The van der Waals surface area contributed by atoms with Crippen molar-refractivity contribution in [2.75, 3.05) is 26.4 Å². The zero-order valence-electron chi connectivity index (χ0n) is 23.7. The average molecular weight is 619 g/mol. The number of carboxylic acid groups (broad SMARTS) is 1. The molecule has 0 spiro atoms. The number of carboxylic acids is 1. The third-order valence-corrected chi connectivity index (χ3v) is 8.18. The number of hydrogen-bond donors (Lipinski definition) is 1. The van der Waals surface area contributed by atoms with Crippen LogP contribution >= 0.6 is 11.6 Å². The van der Waals surface area contributed by atoms with Crippen molar-refractivity contribution >= 4 is 29.3 Å². The number of hydrogen-bond acceptors (Lipinski definition) is 7. The molecular weight excluding hydrogens is 591 g/mol. The predicted octanol–water partition coefficient (Wildman–Crippen LogP) is 4.72. The van der Waals surface area contributed by atoms with E-state index < -0.39 is 23.7 Å². The summed E-state index contributed by atoms with van der Waals surface area (Å²) >= 11 is 5.92. The molecule has 0 aliphatic carbocycles. The van der Waals surface area contributed by atoms with Crippen LogP contribution < -0.4 is 4.74 Å². The first-order valence-electron chi connectivity index (χ1n) is 14.0. The first kappa shape index (κ1) is 29.5. The van der Waals surface area contributed by atoms with Crippen molar-refractivity contribution in [1.82, 2.24) is 19.9 Å². The summed E-state index contributed by atoms with van der Waals surface area (Å²) in [4.78, 5) is 40.7. The van der Waals surface area contributed by atoms with E-state index in [0.717, 1.165) is 10.2 Å². The first-order valence-corrected chi connectivity index (χ1v) is 14.4. The van der Waals surface area contributed by atoms with E-state index in [2.05, 4.69) is 17.2 Å². The van der Waals surface area contributed by atoms with Crippen molar-refractivity contribution in [2.24, 2.45) is 5.41 Å². The molecule has 0 saturated carbocycles. The predicted molar refractivity (Wildman–Crippen MR) is 157 cm³/mol. The van der Waals surface area contributed by atoms with Gasteiger partial charge in [0.05, 0.1) is 36.6 Å². The Kier molecular flexibility index (Phi) is 7.91. The first-order chi connectivity index (χ1) is 21.1. The van der Waals surface area contributed by atoms with E-state index in [1.807, 2.05) is 12.1 Å². The van der Waals surface area contributed by atoms with Crippen LogP contribution in [0.25, 0.3) is 5.69 Å². The van der Waals surface area contributed by atoms with E-state index in [4.69, 9.17) is 21.1 Å². The van der Waals surface area contributed by atoms with Gasteiger partial charge >= 0.3 is 5.97 Å². The molecule has 226 valence electrons. The molecule has 2 aliphatic rings. The number of nitrogens with zero attached hydrogens (tertiary/aromatic N) is 4. The smallest absolute Gasteiger partial charge is 0.335 e. The number of Topliss-reactive ketones (excluding diaryl/α,β-unsaturated/α-hetero) is 1. The molecule has 1 atom stereocenters. The number of fused-ring (bicyclic) bond motifs is 1. The minimum atomic E-state index is -1.07. The third-order valence-electron chi connectivity index (χ3n) is 7.89. The summed E-state index contributed by atoms with van der Waals surface area (Å²) in [5.74, 6) is -1.95. The number of amides is 1. The number of carbonyl (C=O) groups is 3. The summed E-state index contributed by atoms with van der Waals surface area (Å²) in [6, 6.07) is 14.9. The van der Waals surface area contributed by atoms with E-state index >= 15 is 0 Å². The molecule has 4 aromatic rings. The van der Waals surface area contributed by atoms with Crippen molar-refractivity contribution in [3.63, 3.8) is 0 Å². The molecule has 0 radical (unpaired) electrons. The standard InChI is InChI=1S/C32H28ClFN4O6/c1-32(16-43-17-32)18-44-27-7-2-4-22-21(27)12-13-37(29(22)26(39)14-19-8-10-20(11-9-19)31(41)42)30(40)24-15-38(36-35-24)25-6-3-5-23(33)28(25)34/h2-11,15,29H,12-14,16-18H2,1H3,(H,41,42). The highest BCUT2D eigenvalue weighted by molar-refractivity contribution is 6.30. The Balaban J connectivity index is 1.33. The lowest BCUT2D eigenvalue weighted by molar-refractivity contribution is -0.123. The van der Waals surface area contributed by atoms with Crippen molar-refractivity contribution in [3.05, 3.63) is 106 Å². The van der Waals surface area contributed by atoms with Crippen LogP contribution in [-0.2, 0) is 22.4 Å². The Morgan fingerprint density at radius 1 is 1.11 bits per heavy atom. The summed E-state index contributed by atoms with van der Waals surface area (Å²) in [6.45, 7) is 3.93. The SMILES string of the molecule is CC1(COc2cccc3c2CCN(C(=O)c2cn(-c4cccc(Cl)c4F)nn2)C3C(=O)Cc2ccc(C(=O)O)cc2)COC1. The normalized spacial score (nSPS) is 17.0. The lowest BCUT2D eigenvalue weighted by Gasteiger charge is -2.39. The molecule has 6 rings (SSSR count). The summed E-state index contributed by atoms with van der Waals surface area (Å²) in [5.41, 5.74) is 2.05. The van der Waals surface area contributed by atoms with Gasteiger partial charge in [0.15, 0.2) is 17.3 Å². The van der Waals surface area contributed by atoms with Crippen LogP contribution in [0, 0.1) is 11.2 Å². The van der Waals surface area contributed by atoms with E-state index in [1.54, 1.807) is 24.3 Å². The van der Waals surface area contributed by atoms with E-state index in [1.165, 1.54) is 35.4 Å². The lowest BCUT2D eigenvalue weighted by Crippen LogP contribution is -2.45. The molecule has 3 aromatic carbocycles. The third kappa shape index (κ3) is 5.68. The molecule has 1 saturated heterocycles. The van der Waals surface area contributed by atoms with Crippen LogP contribution in [0.1, 0.15) is 50.5 Å². The molecule has 1 unspecified atom stereocenters. The summed E-state index contributed by atoms with van der Waals surface area (Å²) in [6.07, 6.45) is 1.69. The van der Waals surface area contributed by atoms with Crippen LogP contribution in [-0.4, -0.2) is 69.0 Å². The molecule has 3 heterocycles. The number of rotatable bonds is 9. The van der Waals surface area contributed by atoms with E-state index in [9.17, 15) is 23.9 Å². The van der Waals surface area contributed by atoms with Crippen LogP contribution in [0.5, 0.6) is 5.75 Å². The fourth-order valence-electron chi connectivity index (χ4n) is 5.48. The topological polar surface area (TPSA) is 124 Å². The zero-order valence-corrected chi connectivity index (χ0v) is 24.5. The highest BCUT2D eigenvalue weighted by Crippen LogP contribution is 2.38. The largest absolute Gasteiger partial charge is 0.493 e. The molecular formula is C32H28ClFN4O6. The molecule has 12 heteroatoms. The second kappa shape index (κ2) is 11.8. The van der Waals surface area contributed by atoms with Gasteiger partial charge in [-0.2, -0.15) is 0 Å². The Bertz CT molecular complexity index is 1750. The van der Waals surface area contributed by atoms with Crippen molar-refractivity contribution in [3.8, 4) is 11.4 Å². The summed E-state index contributed by atoms with van der Waals surface area (Å²) in [7, 11) is 0. The molecule has 10 nitrogen and oxygen atoms in total. The summed E-state index contributed by atoms with van der Waals surface area (Å²) < 4.78 is 27.4. The highest BCUT2D eigenvalue weighted by atomic mass is 35.5. The Morgan fingerprint density at radius 2 is 1.86 bits per heavy atom. The Hall–Kier alpha value is -4.61. The molecule has 0 bridgehead atoms. The van der Waals surface area contributed by atoms with Gasteiger partial charge in [-0.05, 0) is 47.9 Å². The van der Waals surface area contributed by atoms with E-state index in [-0.39, 0.29) is 46.1 Å². The van der Waals surface area contributed by atoms with Gasteiger partial charge in [-0.3, -0.25) is 9.59 Å². The van der Waals surface area contributed by atoms with Crippen LogP contribution in [0.3, 0.4) is 0 Å². The Morgan fingerprint density at radius 3 is 2.57 bits per heavy atom. The molecule has 1 aromatic heterocycles. The lowest BCUT2D eigenvalue weighted by atomic mass is 9.87. The summed E-state index contributed by atoms with van der Waals surface area (Å²) in [5, 5.41) is 17.1. The maximum Gasteiger partial charge on any atom is 0.335 e. The van der Waals surface area contributed by atoms with Crippen molar-refractivity contribution < 1.29 is 33.4 Å². The number of halogens is 2. The van der Waals surface area contributed by atoms with Gasteiger partial charge in [-0.1, -0.05) is 54.1 Å². The fraction of sp³-hybridized carbons (Fsp3) is 0.281. The quantitative estimate of drug-likeness (QED) is 0.286.